The molecule has 1 rings (SSSR count). The van der Waals surface area contributed by atoms with Crippen LogP contribution < -0.4 is 5.32 Å². The van der Waals surface area contributed by atoms with Crippen LogP contribution in [0.3, 0.4) is 0 Å². The molecular weight excluding hydrogens is 252 g/mol. The maximum atomic E-state index is 12.3. The molecule has 1 N–H and O–H groups in total. The largest absolute Gasteiger partial charge is 0.381 e. The molecule has 0 radical (unpaired) electrons. The lowest BCUT2D eigenvalue weighted by molar-refractivity contribution is 0.0602. The van der Waals surface area contributed by atoms with Crippen molar-refractivity contribution in [3.8, 4) is 0 Å². The molecule has 0 amide bonds. The van der Waals surface area contributed by atoms with Crippen molar-refractivity contribution < 1.29 is 13.2 Å². The van der Waals surface area contributed by atoms with Gasteiger partial charge in [-0.25, -0.2) is 12.7 Å². The van der Waals surface area contributed by atoms with Gasteiger partial charge in [-0.3, -0.25) is 0 Å². The van der Waals surface area contributed by atoms with Gasteiger partial charge in [-0.2, -0.15) is 0 Å². The molecule has 1 aliphatic rings. The zero-order valence-corrected chi connectivity index (χ0v) is 12.5. The SMILES string of the molecule is CCCNCC(C)S(=O)(=O)N1CCC(OC)CC1. The second-order valence-electron chi connectivity index (χ2n) is 4.89. The second-order valence-corrected chi connectivity index (χ2v) is 7.24. The number of nitrogens with zero attached hydrogens (tertiary/aromatic N) is 1. The minimum Gasteiger partial charge on any atom is -0.381 e. The second kappa shape index (κ2) is 7.43. The number of methoxy groups -OCH3 is 1. The van der Waals surface area contributed by atoms with Crippen LogP contribution in [-0.4, -0.2) is 57.4 Å². The average Bonchev–Trinajstić information content (AvgIpc) is 2.39. The third kappa shape index (κ3) is 4.19. The summed E-state index contributed by atoms with van der Waals surface area (Å²) in [6.45, 7) is 6.41. The van der Waals surface area contributed by atoms with Crippen LogP contribution in [0.4, 0.5) is 0 Å². The quantitative estimate of drug-likeness (QED) is 0.700. The monoisotopic (exact) mass is 278 g/mol. The Hall–Kier alpha value is -0.170. The van der Waals surface area contributed by atoms with E-state index in [9.17, 15) is 8.42 Å². The van der Waals surface area contributed by atoms with Crippen LogP contribution in [0.1, 0.15) is 33.1 Å². The first-order chi connectivity index (χ1) is 8.52. The molecule has 1 aliphatic heterocycles. The number of sulfonamides is 1. The minimum atomic E-state index is -3.16. The molecule has 0 saturated carbocycles. The predicted octanol–water partition coefficient (Wildman–Crippen LogP) is 0.815. The lowest BCUT2D eigenvalue weighted by atomic mass is 10.1. The van der Waals surface area contributed by atoms with Crippen molar-refractivity contribution in [3.63, 3.8) is 0 Å². The number of hydrogen-bond donors (Lipinski definition) is 1. The van der Waals surface area contributed by atoms with Crippen molar-refractivity contribution in [2.75, 3.05) is 33.3 Å². The molecule has 1 atom stereocenters. The van der Waals surface area contributed by atoms with Gasteiger partial charge < -0.3 is 10.1 Å². The van der Waals surface area contributed by atoms with Gasteiger partial charge in [0.15, 0.2) is 0 Å². The molecule has 0 aliphatic carbocycles. The third-order valence-electron chi connectivity index (χ3n) is 3.46. The maximum Gasteiger partial charge on any atom is 0.217 e. The summed E-state index contributed by atoms with van der Waals surface area (Å²) in [5, 5.41) is 2.81. The fraction of sp³-hybridized carbons (Fsp3) is 1.00. The summed E-state index contributed by atoms with van der Waals surface area (Å²) in [6.07, 6.45) is 2.83. The first-order valence-corrected chi connectivity index (χ1v) is 8.25. The van der Waals surface area contributed by atoms with Crippen molar-refractivity contribution in [2.24, 2.45) is 0 Å². The highest BCUT2D eigenvalue weighted by molar-refractivity contribution is 7.89. The zero-order chi connectivity index (χ0) is 13.6. The van der Waals surface area contributed by atoms with Crippen molar-refractivity contribution in [1.29, 1.82) is 0 Å². The molecule has 0 aromatic carbocycles. The molecule has 1 heterocycles. The van der Waals surface area contributed by atoms with Crippen LogP contribution in [0.15, 0.2) is 0 Å². The van der Waals surface area contributed by atoms with E-state index in [0.29, 0.717) is 19.6 Å². The van der Waals surface area contributed by atoms with Crippen LogP contribution in [0.25, 0.3) is 0 Å². The molecule has 0 spiro atoms. The summed E-state index contributed by atoms with van der Waals surface area (Å²) >= 11 is 0. The molecule has 6 heteroatoms. The molecular formula is C12H26N2O3S. The number of rotatable bonds is 7. The predicted molar refractivity (Wildman–Crippen MR) is 73.1 cm³/mol. The van der Waals surface area contributed by atoms with E-state index in [-0.39, 0.29) is 11.4 Å². The molecule has 0 bridgehead atoms. The average molecular weight is 278 g/mol. The number of hydrogen-bond acceptors (Lipinski definition) is 4. The van der Waals surface area contributed by atoms with Gasteiger partial charge in [-0.1, -0.05) is 6.92 Å². The summed E-state index contributed by atoms with van der Waals surface area (Å²) in [6, 6.07) is 0. The molecule has 5 nitrogen and oxygen atoms in total. The summed E-state index contributed by atoms with van der Waals surface area (Å²) in [4.78, 5) is 0. The summed E-state index contributed by atoms with van der Waals surface area (Å²) in [5.41, 5.74) is 0. The van der Waals surface area contributed by atoms with Crippen LogP contribution in [0, 0.1) is 0 Å². The number of piperidine rings is 1. The van der Waals surface area contributed by atoms with Crippen molar-refractivity contribution >= 4 is 10.0 Å². The van der Waals surface area contributed by atoms with Crippen LogP contribution in [-0.2, 0) is 14.8 Å². The van der Waals surface area contributed by atoms with E-state index in [1.165, 1.54) is 0 Å². The highest BCUT2D eigenvalue weighted by Crippen LogP contribution is 2.18. The topological polar surface area (TPSA) is 58.6 Å². The summed E-state index contributed by atoms with van der Waals surface area (Å²) in [7, 11) is -1.47. The van der Waals surface area contributed by atoms with Crippen LogP contribution in [0.2, 0.25) is 0 Å². The lowest BCUT2D eigenvalue weighted by Gasteiger charge is -2.32. The van der Waals surface area contributed by atoms with Crippen molar-refractivity contribution in [3.05, 3.63) is 0 Å². The molecule has 18 heavy (non-hydrogen) atoms. The van der Waals surface area contributed by atoms with Crippen molar-refractivity contribution in [1.82, 2.24) is 9.62 Å². The summed E-state index contributed by atoms with van der Waals surface area (Å²) < 4.78 is 31.5. The van der Waals surface area contributed by atoms with Gasteiger partial charge in [0, 0.05) is 26.7 Å². The molecule has 1 fully saturated rings. The van der Waals surface area contributed by atoms with E-state index >= 15 is 0 Å². The Labute approximate surface area is 111 Å². The Balaban J connectivity index is 2.48. The van der Waals surface area contributed by atoms with Gasteiger partial charge in [-0.05, 0) is 32.7 Å². The first-order valence-electron chi connectivity index (χ1n) is 6.74. The van der Waals surface area contributed by atoms with E-state index in [0.717, 1.165) is 25.8 Å². The van der Waals surface area contributed by atoms with Crippen LogP contribution >= 0.6 is 0 Å². The Bertz CT molecular complexity index is 324. The van der Waals surface area contributed by atoms with Gasteiger partial charge in [0.1, 0.15) is 0 Å². The fourth-order valence-corrected chi connectivity index (χ4v) is 3.72. The van der Waals surface area contributed by atoms with Gasteiger partial charge in [0.05, 0.1) is 11.4 Å². The van der Waals surface area contributed by atoms with Crippen LogP contribution in [0.5, 0.6) is 0 Å². The molecule has 108 valence electrons. The first kappa shape index (κ1) is 15.9. The molecule has 1 unspecified atom stereocenters. The van der Waals surface area contributed by atoms with Gasteiger partial charge in [0.25, 0.3) is 0 Å². The highest BCUT2D eigenvalue weighted by atomic mass is 32.2. The normalized spacial score (nSPS) is 21.1. The standard InChI is InChI=1S/C12H26N2O3S/c1-4-7-13-10-11(2)18(15,16)14-8-5-12(17-3)6-9-14/h11-13H,4-10H2,1-3H3. The third-order valence-corrected chi connectivity index (χ3v) is 5.73. The zero-order valence-electron chi connectivity index (χ0n) is 11.7. The Morgan fingerprint density at radius 1 is 1.39 bits per heavy atom. The van der Waals surface area contributed by atoms with Gasteiger partial charge >= 0.3 is 0 Å². The Morgan fingerprint density at radius 2 is 2.00 bits per heavy atom. The van der Waals surface area contributed by atoms with Crippen molar-refractivity contribution in [2.45, 2.75) is 44.5 Å². The van der Waals surface area contributed by atoms with E-state index in [4.69, 9.17) is 4.74 Å². The van der Waals surface area contributed by atoms with E-state index in [1.807, 2.05) is 0 Å². The maximum absolute atomic E-state index is 12.3. The lowest BCUT2D eigenvalue weighted by Crippen LogP contribution is -2.46. The minimum absolute atomic E-state index is 0.213. The fourth-order valence-electron chi connectivity index (χ4n) is 2.16. The van der Waals surface area contributed by atoms with Gasteiger partial charge in [-0.15, -0.1) is 0 Å². The van der Waals surface area contributed by atoms with Gasteiger partial charge in [0.2, 0.25) is 10.0 Å². The number of ether oxygens (including phenoxy) is 1. The summed E-state index contributed by atoms with van der Waals surface area (Å²) in [5.74, 6) is 0. The molecule has 0 aromatic rings. The Kier molecular flexibility index (Phi) is 6.55. The highest BCUT2D eigenvalue weighted by Gasteiger charge is 2.31. The van der Waals surface area contributed by atoms with E-state index in [1.54, 1.807) is 18.3 Å². The van der Waals surface area contributed by atoms with E-state index in [2.05, 4.69) is 12.2 Å². The van der Waals surface area contributed by atoms with E-state index < -0.39 is 10.0 Å². The smallest absolute Gasteiger partial charge is 0.217 e. The molecule has 0 aromatic heterocycles. The number of nitrogens with one attached hydrogen (secondary N) is 1. The molecule has 1 saturated heterocycles. The Morgan fingerprint density at radius 3 is 2.50 bits per heavy atom.